The molecule has 1 aromatic carbocycles. The van der Waals surface area contributed by atoms with Crippen molar-refractivity contribution in [3.63, 3.8) is 0 Å². The molecule has 1 aliphatic rings. The van der Waals surface area contributed by atoms with Crippen LogP contribution in [0.25, 0.3) is 11.3 Å². The molecule has 1 aromatic heterocycles. The smallest absolute Gasteiger partial charge is 0.320 e. The number of piperazine rings is 1. The highest BCUT2D eigenvalue weighted by Gasteiger charge is 2.27. The minimum Gasteiger partial charge on any atom is -0.335 e. The van der Waals surface area contributed by atoms with Gasteiger partial charge in [0.25, 0.3) is 5.91 Å². The Hall–Kier alpha value is -2.41. The van der Waals surface area contributed by atoms with Crippen LogP contribution < -0.4 is 0 Å². The molecule has 7 heteroatoms. The monoisotopic (exact) mass is 458 g/mol. The van der Waals surface area contributed by atoms with E-state index in [1.54, 1.807) is 0 Å². The summed E-state index contributed by atoms with van der Waals surface area (Å²) in [6, 6.07) is 11.7. The van der Waals surface area contributed by atoms with Crippen LogP contribution in [-0.2, 0) is 0 Å². The topological polar surface area (TPSA) is 56.8 Å². The predicted octanol–water partition coefficient (Wildman–Crippen LogP) is 4.04. The molecule has 29 heavy (non-hydrogen) atoms. The zero-order chi connectivity index (χ0) is 21.0. The Balaban J connectivity index is 1.68. The summed E-state index contributed by atoms with van der Waals surface area (Å²) in [5.74, 6) is -0.0225. The van der Waals surface area contributed by atoms with E-state index in [4.69, 9.17) is 0 Å². The summed E-state index contributed by atoms with van der Waals surface area (Å²) in [6.45, 7) is 9.43. The van der Waals surface area contributed by atoms with Gasteiger partial charge in [-0.3, -0.25) is 9.78 Å². The highest BCUT2D eigenvalue weighted by molar-refractivity contribution is 9.10. The second-order valence-corrected chi connectivity index (χ2v) is 7.99. The van der Waals surface area contributed by atoms with Crippen LogP contribution in [0, 0.1) is 6.92 Å². The van der Waals surface area contributed by atoms with Gasteiger partial charge < -0.3 is 14.7 Å². The lowest BCUT2D eigenvalue weighted by Gasteiger charge is -2.37. The van der Waals surface area contributed by atoms with Gasteiger partial charge in [0.2, 0.25) is 0 Å². The molecule has 1 saturated heterocycles. The summed E-state index contributed by atoms with van der Waals surface area (Å²) in [4.78, 5) is 35.6. The molecule has 2 aromatic rings. The van der Waals surface area contributed by atoms with E-state index in [-0.39, 0.29) is 11.9 Å². The summed E-state index contributed by atoms with van der Waals surface area (Å²) in [6.07, 6.45) is 0. The van der Waals surface area contributed by atoms with Crippen molar-refractivity contribution in [2.24, 2.45) is 0 Å². The van der Waals surface area contributed by atoms with Crippen LogP contribution in [0.4, 0.5) is 4.79 Å². The lowest BCUT2D eigenvalue weighted by Crippen LogP contribution is -2.54. The molecule has 1 fully saturated rings. The normalized spacial score (nSPS) is 14.1. The molecule has 0 bridgehead atoms. The first-order valence-electron chi connectivity index (χ1n) is 10.0. The molecule has 154 valence electrons. The molecule has 0 spiro atoms. The Bertz CT molecular complexity index is 890. The molecule has 0 radical (unpaired) electrons. The van der Waals surface area contributed by atoms with Crippen molar-refractivity contribution < 1.29 is 9.59 Å². The van der Waals surface area contributed by atoms with E-state index in [9.17, 15) is 9.59 Å². The van der Waals surface area contributed by atoms with E-state index in [0.29, 0.717) is 50.5 Å². The van der Waals surface area contributed by atoms with Gasteiger partial charge in [0.1, 0.15) is 0 Å². The number of aromatic nitrogens is 1. The number of urea groups is 1. The first-order valence-corrected chi connectivity index (χ1v) is 10.8. The summed E-state index contributed by atoms with van der Waals surface area (Å²) in [5, 5.41) is 0. The zero-order valence-electron chi connectivity index (χ0n) is 17.2. The number of amides is 3. The fourth-order valence-electron chi connectivity index (χ4n) is 3.56. The van der Waals surface area contributed by atoms with E-state index < -0.39 is 0 Å². The molecule has 6 nitrogen and oxygen atoms in total. The summed E-state index contributed by atoms with van der Waals surface area (Å²) >= 11 is 3.48. The maximum absolute atomic E-state index is 13.0. The summed E-state index contributed by atoms with van der Waals surface area (Å²) in [5.41, 5.74) is 3.18. The number of aryl methyl sites for hydroxylation is 1. The van der Waals surface area contributed by atoms with Crippen LogP contribution >= 0.6 is 15.9 Å². The first-order chi connectivity index (χ1) is 13.9. The average Bonchev–Trinajstić information content (AvgIpc) is 2.74. The summed E-state index contributed by atoms with van der Waals surface area (Å²) in [7, 11) is 0. The van der Waals surface area contributed by atoms with Crippen LogP contribution in [0.3, 0.4) is 0 Å². The van der Waals surface area contributed by atoms with Crippen molar-refractivity contribution in [1.82, 2.24) is 19.7 Å². The van der Waals surface area contributed by atoms with E-state index in [0.717, 1.165) is 15.7 Å². The van der Waals surface area contributed by atoms with Gasteiger partial charge in [-0.2, -0.15) is 0 Å². The van der Waals surface area contributed by atoms with Crippen LogP contribution in [0.2, 0.25) is 0 Å². The third-order valence-corrected chi connectivity index (χ3v) is 5.80. The Morgan fingerprint density at radius 2 is 1.69 bits per heavy atom. The standard InChI is InChI=1S/C22H27BrN4O2/c1-4-25(5-2)22(29)27-13-11-26(12-14-27)21(28)19-9-10-20(24-16(19)3)17-7-6-8-18(23)15-17/h6-10,15H,4-5,11-14H2,1-3H3. The lowest BCUT2D eigenvalue weighted by molar-refractivity contribution is 0.0640. The van der Waals surface area contributed by atoms with Crippen LogP contribution in [-0.4, -0.2) is 70.9 Å². The van der Waals surface area contributed by atoms with E-state index in [1.165, 1.54) is 0 Å². The maximum atomic E-state index is 13.0. The van der Waals surface area contributed by atoms with Crippen molar-refractivity contribution in [1.29, 1.82) is 0 Å². The third kappa shape index (κ3) is 4.78. The van der Waals surface area contributed by atoms with Gasteiger partial charge in [0.15, 0.2) is 0 Å². The fourth-order valence-corrected chi connectivity index (χ4v) is 3.96. The first kappa shape index (κ1) is 21.3. The van der Waals surface area contributed by atoms with Crippen LogP contribution in [0.1, 0.15) is 29.9 Å². The third-order valence-electron chi connectivity index (χ3n) is 5.31. The van der Waals surface area contributed by atoms with Gasteiger partial charge in [-0.05, 0) is 45.0 Å². The summed E-state index contributed by atoms with van der Waals surface area (Å²) < 4.78 is 0.992. The molecule has 3 rings (SSSR count). The van der Waals surface area contributed by atoms with Crippen molar-refractivity contribution in [3.8, 4) is 11.3 Å². The highest BCUT2D eigenvalue weighted by Crippen LogP contribution is 2.23. The van der Waals surface area contributed by atoms with Crippen molar-refractivity contribution in [2.45, 2.75) is 20.8 Å². The van der Waals surface area contributed by atoms with E-state index in [2.05, 4.69) is 20.9 Å². The Morgan fingerprint density at radius 1 is 1.03 bits per heavy atom. The Labute approximate surface area is 180 Å². The van der Waals surface area contributed by atoms with Gasteiger partial charge in [-0.15, -0.1) is 0 Å². The zero-order valence-corrected chi connectivity index (χ0v) is 18.8. The molecular weight excluding hydrogens is 432 g/mol. The number of hydrogen-bond donors (Lipinski definition) is 0. The number of carbonyl (C=O) groups excluding carboxylic acids is 2. The number of rotatable bonds is 4. The van der Waals surface area contributed by atoms with E-state index in [1.807, 2.05) is 71.9 Å². The molecule has 3 amide bonds. The minimum absolute atomic E-state index is 0.0225. The number of halogens is 1. The maximum Gasteiger partial charge on any atom is 0.320 e. The number of hydrogen-bond acceptors (Lipinski definition) is 3. The molecule has 0 aliphatic carbocycles. The highest BCUT2D eigenvalue weighted by atomic mass is 79.9. The molecular formula is C22H27BrN4O2. The van der Waals surface area contributed by atoms with E-state index >= 15 is 0 Å². The quantitative estimate of drug-likeness (QED) is 0.694. The van der Waals surface area contributed by atoms with Crippen molar-refractivity contribution in [3.05, 3.63) is 52.1 Å². The molecule has 0 unspecified atom stereocenters. The number of benzene rings is 1. The minimum atomic E-state index is -0.0225. The number of nitrogens with zero attached hydrogens (tertiary/aromatic N) is 4. The molecule has 1 aliphatic heterocycles. The fraction of sp³-hybridized carbons (Fsp3) is 0.409. The number of carbonyl (C=O) groups is 2. The van der Waals surface area contributed by atoms with Gasteiger partial charge in [0, 0.05) is 49.3 Å². The average molecular weight is 459 g/mol. The van der Waals surface area contributed by atoms with Gasteiger partial charge in [0.05, 0.1) is 17.0 Å². The van der Waals surface area contributed by atoms with Crippen LogP contribution in [0.5, 0.6) is 0 Å². The second-order valence-electron chi connectivity index (χ2n) is 7.07. The number of pyridine rings is 1. The van der Waals surface area contributed by atoms with Gasteiger partial charge in [-0.1, -0.05) is 28.1 Å². The van der Waals surface area contributed by atoms with Gasteiger partial charge >= 0.3 is 6.03 Å². The molecule has 0 atom stereocenters. The SMILES string of the molecule is CCN(CC)C(=O)N1CCN(C(=O)c2ccc(-c3cccc(Br)c3)nc2C)CC1. The predicted molar refractivity (Wildman–Crippen MR) is 118 cm³/mol. The van der Waals surface area contributed by atoms with Crippen molar-refractivity contribution >= 4 is 27.9 Å². The molecule has 0 saturated carbocycles. The Kier molecular flexibility index (Phi) is 6.90. The Morgan fingerprint density at radius 3 is 2.28 bits per heavy atom. The van der Waals surface area contributed by atoms with Gasteiger partial charge in [-0.25, -0.2) is 4.79 Å². The largest absolute Gasteiger partial charge is 0.335 e. The lowest BCUT2D eigenvalue weighted by atomic mass is 10.1. The molecule has 0 N–H and O–H groups in total. The van der Waals surface area contributed by atoms with Crippen LogP contribution in [0.15, 0.2) is 40.9 Å². The van der Waals surface area contributed by atoms with Crippen molar-refractivity contribution in [2.75, 3.05) is 39.3 Å². The molecule has 2 heterocycles. The second kappa shape index (κ2) is 9.39.